The number of hydrogen-bond acceptors (Lipinski definition) is 4. The molecule has 1 N–H and O–H groups in total. The molecule has 5 rings (SSSR count). The van der Waals surface area contributed by atoms with Crippen molar-refractivity contribution in [3.05, 3.63) is 0 Å². The summed E-state index contributed by atoms with van der Waals surface area (Å²) < 4.78 is 5.34. The molecule has 6 heteroatoms. The zero-order chi connectivity index (χ0) is 15.3. The molecule has 0 spiro atoms. The molecule has 0 aromatic rings. The van der Waals surface area contributed by atoms with Crippen molar-refractivity contribution in [1.82, 2.24) is 10.2 Å². The fourth-order valence-electron chi connectivity index (χ4n) is 5.43. The third kappa shape index (κ3) is 2.20. The Morgan fingerprint density at radius 3 is 2.23 bits per heavy atom. The molecule has 1 heterocycles. The number of ether oxygens (including phenoxy) is 1. The molecule has 1 saturated heterocycles. The summed E-state index contributed by atoms with van der Waals surface area (Å²) in [5.74, 6) is 1.37. The summed E-state index contributed by atoms with van der Waals surface area (Å²) in [6, 6.07) is -0.393. The molecule has 0 unspecified atom stereocenters. The Morgan fingerprint density at radius 2 is 1.73 bits per heavy atom. The van der Waals surface area contributed by atoms with Crippen LogP contribution in [0.25, 0.3) is 0 Å². The highest BCUT2D eigenvalue weighted by Gasteiger charge is 2.55. The van der Waals surface area contributed by atoms with E-state index in [9.17, 15) is 14.4 Å². The highest BCUT2D eigenvalue weighted by Crippen LogP contribution is 2.60. The van der Waals surface area contributed by atoms with Crippen molar-refractivity contribution in [3.8, 4) is 0 Å². The molecule has 0 atom stereocenters. The number of carbonyl (C=O) groups excluding carboxylic acids is 3. The summed E-state index contributed by atoms with van der Waals surface area (Å²) in [6.07, 6.45) is 6.57. The molecule has 120 valence electrons. The van der Waals surface area contributed by atoms with Crippen molar-refractivity contribution < 1.29 is 19.1 Å². The van der Waals surface area contributed by atoms with Gasteiger partial charge >= 0.3 is 12.0 Å². The van der Waals surface area contributed by atoms with E-state index in [0.717, 1.165) is 24.2 Å². The second kappa shape index (κ2) is 4.96. The van der Waals surface area contributed by atoms with Gasteiger partial charge in [0.15, 0.2) is 6.61 Å². The Morgan fingerprint density at radius 1 is 1.14 bits per heavy atom. The van der Waals surface area contributed by atoms with Crippen LogP contribution in [-0.2, 0) is 14.3 Å². The standard InChI is InChI=1S/C16H22N2O4/c19-13(18-2-1-17-15(18)21)9-22-14(20)16-6-10-3-11(7-16)5-12(4-10)8-16/h10-12H,1-9H2,(H,17,21). The highest BCUT2D eigenvalue weighted by molar-refractivity contribution is 5.97. The van der Waals surface area contributed by atoms with E-state index < -0.39 is 11.9 Å². The monoisotopic (exact) mass is 306 g/mol. The molecule has 5 aliphatic rings. The molecule has 0 aromatic carbocycles. The maximum Gasteiger partial charge on any atom is 0.324 e. The van der Waals surface area contributed by atoms with Crippen molar-refractivity contribution in [2.45, 2.75) is 38.5 Å². The topological polar surface area (TPSA) is 75.7 Å². The number of carbonyl (C=O) groups is 3. The van der Waals surface area contributed by atoms with Crippen molar-refractivity contribution in [2.75, 3.05) is 19.7 Å². The minimum Gasteiger partial charge on any atom is -0.455 e. The lowest BCUT2D eigenvalue weighted by Gasteiger charge is -2.55. The van der Waals surface area contributed by atoms with Gasteiger partial charge in [-0.05, 0) is 56.3 Å². The van der Waals surface area contributed by atoms with Gasteiger partial charge in [0, 0.05) is 13.1 Å². The van der Waals surface area contributed by atoms with Crippen LogP contribution in [0.3, 0.4) is 0 Å². The van der Waals surface area contributed by atoms with E-state index >= 15 is 0 Å². The summed E-state index contributed by atoms with van der Waals surface area (Å²) in [6.45, 7) is 0.508. The molecule has 4 aliphatic carbocycles. The largest absolute Gasteiger partial charge is 0.455 e. The summed E-state index contributed by atoms with van der Waals surface area (Å²) in [5, 5.41) is 2.57. The zero-order valence-corrected chi connectivity index (χ0v) is 12.7. The molecule has 4 saturated carbocycles. The van der Waals surface area contributed by atoms with E-state index in [1.54, 1.807) is 0 Å². The normalized spacial score (nSPS) is 39.0. The van der Waals surface area contributed by atoms with E-state index in [2.05, 4.69) is 5.32 Å². The zero-order valence-electron chi connectivity index (χ0n) is 12.7. The second-order valence-electron chi connectivity index (χ2n) is 7.55. The van der Waals surface area contributed by atoms with Gasteiger partial charge in [-0.25, -0.2) is 4.79 Å². The molecule has 22 heavy (non-hydrogen) atoms. The maximum absolute atomic E-state index is 12.6. The molecule has 6 nitrogen and oxygen atoms in total. The minimum absolute atomic E-state index is 0.209. The van der Waals surface area contributed by atoms with Crippen LogP contribution in [0.4, 0.5) is 4.79 Å². The molecule has 1 aliphatic heterocycles. The lowest BCUT2D eigenvalue weighted by Crippen LogP contribution is -2.51. The first-order valence-electron chi connectivity index (χ1n) is 8.31. The molecular formula is C16H22N2O4. The summed E-state index contributed by atoms with van der Waals surface area (Å²) in [4.78, 5) is 37.1. The Balaban J connectivity index is 1.38. The summed E-state index contributed by atoms with van der Waals surface area (Å²) in [5.41, 5.74) is -0.345. The molecule has 0 radical (unpaired) electrons. The van der Waals surface area contributed by atoms with Crippen molar-refractivity contribution in [1.29, 1.82) is 0 Å². The first-order valence-corrected chi connectivity index (χ1v) is 8.31. The van der Waals surface area contributed by atoms with Gasteiger partial charge in [0.25, 0.3) is 5.91 Å². The number of urea groups is 1. The van der Waals surface area contributed by atoms with E-state index in [1.807, 2.05) is 0 Å². The van der Waals surface area contributed by atoms with Crippen LogP contribution in [0, 0.1) is 23.2 Å². The minimum atomic E-state index is -0.423. The average Bonchev–Trinajstić information content (AvgIpc) is 2.89. The summed E-state index contributed by atoms with van der Waals surface area (Å²) in [7, 11) is 0. The van der Waals surface area contributed by atoms with E-state index in [1.165, 1.54) is 19.3 Å². The third-order valence-corrected chi connectivity index (χ3v) is 5.96. The summed E-state index contributed by atoms with van der Waals surface area (Å²) >= 11 is 0. The number of esters is 1. The predicted octanol–water partition coefficient (Wildman–Crippen LogP) is 1.30. The van der Waals surface area contributed by atoms with Crippen LogP contribution in [0.5, 0.6) is 0 Å². The van der Waals surface area contributed by atoms with Gasteiger partial charge in [-0.2, -0.15) is 0 Å². The fourth-order valence-corrected chi connectivity index (χ4v) is 5.43. The van der Waals surface area contributed by atoms with Gasteiger partial charge in [-0.1, -0.05) is 0 Å². The van der Waals surface area contributed by atoms with Gasteiger partial charge in [0.1, 0.15) is 0 Å². The van der Waals surface area contributed by atoms with Crippen LogP contribution < -0.4 is 5.32 Å². The SMILES string of the molecule is O=C(COC(=O)C12CC3CC(CC(C3)C1)C2)N1CCNC1=O. The fraction of sp³-hybridized carbons (Fsp3) is 0.812. The Bertz CT molecular complexity index is 495. The molecule has 5 fully saturated rings. The van der Waals surface area contributed by atoms with Gasteiger partial charge < -0.3 is 10.1 Å². The van der Waals surface area contributed by atoms with Gasteiger partial charge in [0.2, 0.25) is 0 Å². The third-order valence-electron chi connectivity index (χ3n) is 5.96. The van der Waals surface area contributed by atoms with Crippen molar-refractivity contribution in [3.63, 3.8) is 0 Å². The Hall–Kier alpha value is -1.59. The first-order chi connectivity index (χ1) is 10.6. The molecular weight excluding hydrogens is 284 g/mol. The number of imide groups is 1. The van der Waals surface area contributed by atoms with Crippen molar-refractivity contribution in [2.24, 2.45) is 23.2 Å². The van der Waals surface area contributed by atoms with Gasteiger partial charge in [-0.3, -0.25) is 14.5 Å². The number of nitrogens with zero attached hydrogens (tertiary/aromatic N) is 1. The maximum atomic E-state index is 12.6. The van der Waals surface area contributed by atoms with Gasteiger partial charge in [-0.15, -0.1) is 0 Å². The number of nitrogens with one attached hydrogen (secondary N) is 1. The van der Waals surface area contributed by atoms with Crippen LogP contribution >= 0.6 is 0 Å². The predicted molar refractivity (Wildman–Crippen MR) is 76.7 cm³/mol. The van der Waals surface area contributed by atoms with E-state index in [0.29, 0.717) is 30.8 Å². The molecule has 3 amide bonds. The van der Waals surface area contributed by atoms with Crippen LogP contribution in [-0.4, -0.2) is 42.5 Å². The molecule has 4 bridgehead atoms. The number of rotatable bonds is 3. The number of amides is 3. The number of hydrogen-bond donors (Lipinski definition) is 1. The Labute approximate surface area is 129 Å². The lowest BCUT2D eigenvalue weighted by atomic mass is 9.49. The van der Waals surface area contributed by atoms with Crippen molar-refractivity contribution >= 4 is 17.9 Å². The second-order valence-corrected chi connectivity index (χ2v) is 7.55. The van der Waals surface area contributed by atoms with Crippen LogP contribution in [0.15, 0.2) is 0 Å². The molecule has 0 aromatic heterocycles. The lowest BCUT2D eigenvalue weighted by molar-refractivity contribution is -0.174. The highest BCUT2D eigenvalue weighted by atomic mass is 16.5. The average molecular weight is 306 g/mol. The Kier molecular flexibility index (Phi) is 3.16. The van der Waals surface area contributed by atoms with Crippen LogP contribution in [0.1, 0.15) is 38.5 Å². The van der Waals surface area contributed by atoms with E-state index in [-0.39, 0.29) is 18.0 Å². The van der Waals surface area contributed by atoms with E-state index in [4.69, 9.17) is 4.74 Å². The van der Waals surface area contributed by atoms with Crippen LogP contribution in [0.2, 0.25) is 0 Å². The van der Waals surface area contributed by atoms with Gasteiger partial charge in [0.05, 0.1) is 5.41 Å². The quantitative estimate of drug-likeness (QED) is 0.797. The first kappa shape index (κ1) is 14.0. The smallest absolute Gasteiger partial charge is 0.324 e.